The predicted molar refractivity (Wildman–Crippen MR) is 59.2 cm³/mol. The molecule has 2 amide bonds. The Morgan fingerprint density at radius 3 is 2.50 bits per heavy atom. The average Bonchev–Trinajstić information content (AvgIpc) is 2.28. The fraction of sp³-hybridized carbons (Fsp3) is 0.273. The molecule has 0 saturated carbocycles. The first kappa shape index (κ1) is 13.9. The van der Waals surface area contributed by atoms with Crippen molar-refractivity contribution in [3.63, 3.8) is 0 Å². The van der Waals surface area contributed by atoms with Crippen molar-refractivity contribution in [2.75, 3.05) is 0 Å². The van der Waals surface area contributed by atoms with E-state index in [1.807, 2.05) is 0 Å². The molecule has 0 fully saturated rings. The van der Waals surface area contributed by atoms with Crippen molar-refractivity contribution in [3.8, 4) is 5.75 Å². The number of carbonyl (C=O) groups is 2. The quantitative estimate of drug-likeness (QED) is 0.823. The first-order valence-corrected chi connectivity index (χ1v) is 5.06. The minimum Gasteiger partial charge on any atom is -0.434 e. The zero-order chi connectivity index (χ0) is 13.7. The number of carbonyl (C=O) groups excluding carboxylic acids is 2. The number of hydrogen-bond donors (Lipinski definition) is 2. The van der Waals surface area contributed by atoms with Gasteiger partial charge in [-0.05, 0) is 19.1 Å². The number of amides is 2. The van der Waals surface area contributed by atoms with Gasteiger partial charge in [0, 0.05) is 0 Å². The van der Waals surface area contributed by atoms with E-state index in [2.05, 4.69) is 10.1 Å². The number of benzene rings is 1. The van der Waals surface area contributed by atoms with E-state index in [-0.39, 0.29) is 11.3 Å². The smallest absolute Gasteiger partial charge is 0.387 e. The number of ether oxygens (including phenoxy) is 1. The molecule has 1 aromatic carbocycles. The molecule has 0 aromatic heterocycles. The maximum absolute atomic E-state index is 12.1. The molecule has 0 radical (unpaired) electrons. The van der Waals surface area contributed by atoms with Gasteiger partial charge in [0.2, 0.25) is 5.91 Å². The molecule has 1 rings (SSSR count). The van der Waals surface area contributed by atoms with Gasteiger partial charge in [-0.1, -0.05) is 12.1 Å². The number of primary amides is 1. The maximum Gasteiger partial charge on any atom is 0.387 e. The van der Waals surface area contributed by atoms with E-state index in [1.165, 1.54) is 31.2 Å². The molecule has 3 N–H and O–H groups in total. The maximum atomic E-state index is 12.1. The molecule has 0 bridgehead atoms. The molecule has 98 valence electrons. The van der Waals surface area contributed by atoms with Crippen molar-refractivity contribution in [2.45, 2.75) is 19.6 Å². The first-order chi connectivity index (χ1) is 8.41. The number of nitrogens with one attached hydrogen (secondary N) is 1. The highest BCUT2D eigenvalue weighted by Gasteiger charge is 2.18. The van der Waals surface area contributed by atoms with Gasteiger partial charge in [-0.3, -0.25) is 9.59 Å². The molecular weight excluding hydrogens is 246 g/mol. The third-order valence-electron chi connectivity index (χ3n) is 2.12. The monoisotopic (exact) mass is 258 g/mol. The van der Waals surface area contributed by atoms with Crippen LogP contribution in [0.4, 0.5) is 8.78 Å². The summed E-state index contributed by atoms with van der Waals surface area (Å²) in [4.78, 5) is 22.5. The van der Waals surface area contributed by atoms with E-state index >= 15 is 0 Å². The van der Waals surface area contributed by atoms with Gasteiger partial charge in [-0.15, -0.1) is 0 Å². The molecule has 0 unspecified atom stereocenters. The molecule has 0 aliphatic heterocycles. The Labute approximate surface area is 102 Å². The zero-order valence-electron chi connectivity index (χ0n) is 9.52. The third-order valence-corrected chi connectivity index (χ3v) is 2.12. The third kappa shape index (κ3) is 3.69. The van der Waals surface area contributed by atoms with Gasteiger partial charge in [0.1, 0.15) is 11.8 Å². The highest BCUT2D eigenvalue weighted by molar-refractivity contribution is 5.99. The van der Waals surface area contributed by atoms with E-state index < -0.39 is 24.5 Å². The predicted octanol–water partition coefficient (Wildman–Crippen LogP) is 0.892. The minimum absolute atomic E-state index is 0.0918. The van der Waals surface area contributed by atoms with Gasteiger partial charge in [0.15, 0.2) is 0 Å². The lowest BCUT2D eigenvalue weighted by molar-refractivity contribution is -0.119. The molecule has 0 aliphatic carbocycles. The lowest BCUT2D eigenvalue weighted by Gasteiger charge is -2.13. The first-order valence-electron chi connectivity index (χ1n) is 5.06. The van der Waals surface area contributed by atoms with E-state index in [4.69, 9.17) is 5.73 Å². The Morgan fingerprint density at radius 1 is 1.33 bits per heavy atom. The molecule has 0 saturated heterocycles. The highest BCUT2D eigenvalue weighted by atomic mass is 19.3. The summed E-state index contributed by atoms with van der Waals surface area (Å²) in [5.74, 6) is -1.70. The van der Waals surface area contributed by atoms with Crippen molar-refractivity contribution in [1.82, 2.24) is 5.32 Å². The lowest BCUT2D eigenvalue weighted by atomic mass is 10.1. The number of nitrogens with two attached hydrogens (primary N) is 1. The van der Waals surface area contributed by atoms with Gasteiger partial charge in [0.05, 0.1) is 5.56 Å². The zero-order valence-corrected chi connectivity index (χ0v) is 9.52. The Hall–Kier alpha value is -2.18. The minimum atomic E-state index is -3.03. The van der Waals surface area contributed by atoms with Crippen molar-refractivity contribution < 1.29 is 23.1 Å². The summed E-state index contributed by atoms with van der Waals surface area (Å²) >= 11 is 0. The Morgan fingerprint density at radius 2 is 1.94 bits per heavy atom. The van der Waals surface area contributed by atoms with Crippen LogP contribution in [0.3, 0.4) is 0 Å². The molecule has 7 heteroatoms. The van der Waals surface area contributed by atoms with Crippen LogP contribution >= 0.6 is 0 Å². The number of hydrogen-bond acceptors (Lipinski definition) is 3. The van der Waals surface area contributed by atoms with Crippen LogP contribution in [0.2, 0.25) is 0 Å². The van der Waals surface area contributed by atoms with Crippen molar-refractivity contribution in [1.29, 1.82) is 0 Å². The van der Waals surface area contributed by atoms with Gasteiger partial charge in [-0.25, -0.2) is 0 Å². The summed E-state index contributed by atoms with van der Waals surface area (Å²) in [6.07, 6.45) is 0. The molecule has 0 spiro atoms. The Balaban J connectivity index is 2.88. The summed E-state index contributed by atoms with van der Waals surface area (Å²) in [5.41, 5.74) is 4.88. The molecule has 1 aromatic rings. The molecule has 0 aliphatic rings. The number of rotatable bonds is 5. The molecule has 0 heterocycles. The Kier molecular flexibility index (Phi) is 4.59. The van der Waals surface area contributed by atoms with E-state index in [9.17, 15) is 18.4 Å². The topological polar surface area (TPSA) is 81.4 Å². The highest BCUT2D eigenvalue weighted by Crippen LogP contribution is 2.20. The van der Waals surface area contributed by atoms with Crippen LogP contribution in [0.5, 0.6) is 5.75 Å². The second-order valence-corrected chi connectivity index (χ2v) is 3.47. The van der Waals surface area contributed by atoms with E-state index in [0.717, 1.165) is 0 Å². The van der Waals surface area contributed by atoms with E-state index in [0.29, 0.717) is 0 Å². The summed E-state index contributed by atoms with van der Waals surface area (Å²) in [7, 11) is 0. The van der Waals surface area contributed by atoms with Crippen LogP contribution in [0.25, 0.3) is 0 Å². The van der Waals surface area contributed by atoms with Gasteiger partial charge >= 0.3 is 6.61 Å². The van der Waals surface area contributed by atoms with Crippen LogP contribution in [0.1, 0.15) is 17.3 Å². The second-order valence-electron chi connectivity index (χ2n) is 3.47. The molecule has 1 atom stereocenters. The van der Waals surface area contributed by atoms with Gasteiger partial charge in [-0.2, -0.15) is 8.78 Å². The largest absolute Gasteiger partial charge is 0.434 e. The normalized spacial score (nSPS) is 12.0. The summed E-state index contributed by atoms with van der Waals surface area (Å²) in [5, 5.41) is 2.27. The summed E-state index contributed by atoms with van der Waals surface area (Å²) in [6, 6.07) is 4.57. The lowest BCUT2D eigenvalue weighted by Crippen LogP contribution is -2.42. The van der Waals surface area contributed by atoms with Crippen LogP contribution in [0.15, 0.2) is 24.3 Å². The van der Waals surface area contributed by atoms with Gasteiger partial charge < -0.3 is 15.8 Å². The Bertz CT molecular complexity index is 452. The molecule has 18 heavy (non-hydrogen) atoms. The van der Waals surface area contributed by atoms with Crippen LogP contribution in [-0.4, -0.2) is 24.5 Å². The molecular formula is C11H12F2N2O3. The number of halogens is 2. The van der Waals surface area contributed by atoms with Crippen molar-refractivity contribution in [2.24, 2.45) is 5.73 Å². The van der Waals surface area contributed by atoms with Crippen LogP contribution in [0, 0.1) is 0 Å². The van der Waals surface area contributed by atoms with Crippen molar-refractivity contribution >= 4 is 11.8 Å². The fourth-order valence-electron chi connectivity index (χ4n) is 1.20. The second kappa shape index (κ2) is 5.95. The van der Waals surface area contributed by atoms with Crippen LogP contribution < -0.4 is 15.8 Å². The summed E-state index contributed by atoms with van der Waals surface area (Å²) in [6.45, 7) is -1.65. The molecule has 5 nitrogen and oxygen atoms in total. The van der Waals surface area contributed by atoms with E-state index in [1.54, 1.807) is 0 Å². The standard InChI is InChI=1S/C11H12F2N2O3/c1-6(9(14)16)15-10(17)7-4-2-3-5-8(7)18-11(12)13/h2-6,11H,1H3,(H2,14,16)(H,15,17)/t6-/m0/s1. The summed E-state index contributed by atoms with van der Waals surface area (Å²) < 4.78 is 28.5. The fourth-order valence-corrected chi connectivity index (χ4v) is 1.20. The number of alkyl halides is 2. The number of para-hydroxylation sites is 1. The van der Waals surface area contributed by atoms with Gasteiger partial charge in [0.25, 0.3) is 5.91 Å². The van der Waals surface area contributed by atoms with Crippen molar-refractivity contribution in [3.05, 3.63) is 29.8 Å². The average molecular weight is 258 g/mol. The SMILES string of the molecule is C[C@H](NC(=O)c1ccccc1OC(F)F)C(N)=O. The van der Waals surface area contributed by atoms with Crippen LogP contribution in [-0.2, 0) is 4.79 Å².